The van der Waals surface area contributed by atoms with Crippen LogP contribution in [-0.4, -0.2) is 16.1 Å². The molecule has 112 valence electrons. The van der Waals surface area contributed by atoms with Crippen LogP contribution in [0.1, 0.15) is 29.3 Å². The van der Waals surface area contributed by atoms with Crippen LogP contribution in [0.25, 0.3) is 0 Å². The van der Waals surface area contributed by atoms with E-state index in [2.05, 4.69) is 14.9 Å². The fourth-order valence-corrected chi connectivity index (χ4v) is 2.69. The van der Waals surface area contributed by atoms with Crippen molar-refractivity contribution in [1.82, 2.24) is 14.9 Å². The number of hydrogen-bond acceptors (Lipinski definition) is 2. The van der Waals surface area contributed by atoms with Gasteiger partial charge in [-0.05, 0) is 30.5 Å². The van der Waals surface area contributed by atoms with Gasteiger partial charge in [0.05, 0.1) is 17.6 Å². The zero-order valence-electron chi connectivity index (χ0n) is 11.4. The summed E-state index contributed by atoms with van der Waals surface area (Å²) >= 11 is 0. The van der Waals surface area contributed by atoms with Crippen molar-refractivity contribution < 1.29 is 13.2 Å². The zero-order chi connectivity index (χ0) is 14.9. The van der Waals surface area contributed by atoms with Crippen molar-refractivity contribution >= 4 is 0 Å². The predicted octanol–water partition coefficient (Wildman–Crippen LogP) is 3.18. The van der Waals surface area contributed by atoms with Gasteiger partial charge in [-0.25, -0.2) is 4.98 Å². The molecule has 6 heteroatoms. The zero-order valence-corrected chi connectivity index (χ0v) is 11.4. The molecule has 1 aliphatic rings. The lowest BCUT2D eigenvalue weighted by molar-refractivity contribution is -0.137. The minimum Gasteiger partial charge on any atom is -0.332 e. The summed E-state index contributed by atoms with van der Waals surface area (Å²) in [5, 5.41) is 3.43. The van der Waals surface area contributed by atoms with E-state index >= 15 is 0 Å². The van der Waals surface area contributed by atoms with Crippen molar-refractivity contribution in [3.63, 3.8) is 0 Å². The maximum Gasteiger partial charge on any atom is 0.416 e. The van der Waals surface area contributed by atoms with Crippen LogP contribution in [0.2, 0.25) is 0 Å². The molecule has 1 aromatic carbocycles. The second-order valence-electron chi connectivity index (χ2n) is 5.25. The van der Waals surface area contributed by atoms with Crippen LogP contribution in [0.5, 0.6) is 0 Å². The van der Waals surface area contributed by atoms with E-state index in [0.717, 1.165) is 49.3 Å². The molecule has 0 amide bonds. The highest BCUT2D eigenvalue weighted by atomic mass is 19.4. The van der Waals surface area contributed by atoms with Crippen molar-refractivity contribution in [1.29, 1.82) is 0 Å². The third kappa shape index (κ3) is 3.10. The van der Waals surface area contributed by atoms with Crippen molar-refractivity contribution in [2.45, 2.75) is 31.6 Å². The van der Waals surface area contributed by atoms with Crippen molar-refractivity contribution in [2.75, 3.05) is 6.54 Å². The topological polar surface area (TPSA) is 29.9 Å². The highest BCUT2D eigenvalue weighted by molar-refractivity contribution is 5.25. The number of fused-ring (bicyclic) bond motifs is 1. The Hall–Kier alpha value is -1.82. The number of aryl methyl sites for hydroxylation is 1. The molecule has 3 nitrogen and oxygen atoms in total. The Bertz CT molecular complexity index is 601. The van der Waals surface area contributed by atoms with Gasteiger partial charge in [-0.1, -0.05) is 12.1 Å². The number of nitrogens with zero attached hydrogens (tertiary/aromatic N) is 2. The summed E-state index contributed by atoms with van der Waals surface area (Å²) in [5.74, 6) is 0. The van der Waals surface area contributed by atoms with Crippen molar-refractivity contribution in [3.05, 3.63) is 53.6 Å². The molecule has 3 rings (SSSR count). The SMILES string of the molecule is FC(F)(F)c1ccc(CCC2NCCn3cncc32)cc1. The lowest BCUT2D eigenvalue weighted by atomic mass is 10.0. The molecule has 1 unspecified atom stereocenters. The van der Waals surface area contributed by atoms with E-state index in [0.29, 0.717) is 0 Å². The standard InChI is InChI=1S/C15H16F3N3/c16-15(17,18)12-4-1-11(2-5-12)3-6-13-14-9-19-10-21(14)8-7-20-13/h1-2,4-5,9-10,13,20H,3,6-8H2. The number of rotatable bonds is 3. The normalized spacial score (nSPS) is 18.5. The second kappa shape index (κ2) is 5.52. The molecule has 0 saturated heterocycles. The van der Waals surface area contributed by atoms with Gasteiger partial charge in [0.25, 0.3) is 0 Å². The van der Waals surface area contributed by atoms with Gasteiger partial charge in [-0.15, -0.1) is 0 Å². The monoisotopic (exact) mass is 295 g/mol. The first kappa shape index (κ1) is 14.1. The van der Waals surface area contributed by atoms with E-state index in [9.17, 15) is 13.2 Å². The Morgan fingerprint density at radius 1 is 1.24 bits per heavy atom. The van der Waals surface area contributed by atoms with Crippen LogP contribution in [0.15, 0.2) is 36.8 Å². The molecule has 0 aliphatic carbocycles. The molecule has 1 atom stereocenters. The Labute approximate surface area is 120 Å². The van der Waals surface area contributed by atoms with E-state index in [-0.39, 0.29) is 6.04 Å². The predicted molar refractivity (Wildman–Crippen MR) is 72.7 cm³/mol. The van der Waals surface area contributed by atoms with Crippen molar-refractivity contribution in [3.8, 4) is 0 Å². The van der Waals surface area contributed by atoms with Crippen LogP contribution in [-0.2, 0) is 19.1 Å². The summed E-state index contributed by atoms with van der Waals surface area (Å²) in [5.41, 5.74) is 1.47. The van der Waals surface area contributed by atoms with E-state index in [1.54, 1.807) is 12.1 Å². The number of hydrogen-bond donors (Lipinski definition) is 1. The molecular weight excluding hydrogens is 279 g/mol. The van der Waals surface area contributed by atoms with Gasteiger partial charge >= 0.3 is 6.18 Å². The first-order valence-corrected chi connectivity index (χ1v) is 6.93. The van der Waals surface area contributed by atoms with Gasteiger partial charge in [-0.2, -0.15) is 13.2 Å². The largest absolute Gasteiger partial charge is 0.416 e. The Balaban J connectivity index is 1.64. The number of benzene rings is 1. The number of imidazole rings is 1. The molecule has 2 aromatic rings. The molecule has 0 spiro atoms. The van der Waals surface area contributed by atoms with Gasteiger partial charge < -0.3 is 9.88 Å². The molecule has 1 aromatic heterocycles. The summed E-state index contributed by atoms with van der Waals surface area (Å²) in [6.07, 6.45) is 0.985. The van der Waals surface area contributed by atoms with Crippen molar-refractivity contribution in [2.24, 2.45) is 0 Å². The molecular formula is C15H16F3N3. The Kier molecular flexibility index (Phi) is 3.71. The summed E-state index contributed by atoms with van der Waals surface area (Å²) in [6, 6.07) is 5.62. The minimum absolute atomic E-state index is 0.212. The van der Waals surface area contributed by atoms with E-state index in [1.807, 2.05) is 12.5 Å². The molecule has 0 fully saturated rings. The average molecular weight is 295 g/mol. The Morgan fingerprint density at radius 2 is 2.00 bits per heavy atom. The molecule has 0 saturated carbocycles. The lowest BCUT2D eigenvalue weighted by Crippen LogP contribution is -2.33. The lowest BCUT2D eigenvalue weighted by Gasteiger charge is -2.25. The third-order valence-electron chi connectivity index (χ3n) is 3.85. The van der Waals surface area contributed by atoms with Gasteiger partial charge in [0, 0.05) is 25.3 Å². The van der Waals surface area contributed by atoms with Crippen LogP contribution in [0.4, 0.5) is 13.2 Å². The van der Waals surface area contributed by atoms with Crippen LogP contribution >= 0.6 is 0 Å². The average Bonchev–Trinajstić information content (AvgIpc) is 2.93. The second-order valence-corrected chi connectivity index (χ2v) is 5.25. The molecule has 2 heterocycles. The maximum absolute atomic E-state index is 12.5. The molecule has 1 aliphatic heterocycles. The highest BCUT2D eigenvalue weighted by Crippen LogP contribution is 2.29. The van der Waals surface area contributed by atoms with E-state index in [1.165, 1.54) is 0 Å². The molecule has 1 N–H and O–H groups in total. The van der Waals surface area contributed by atoms with Gasteiger partial charge in [-0.3, -0.25) is 0 Å². The highest BCUT2D eigenvalue weighted by Gasteiger charge is 2.30. The molecule has 0 radical (unpaired) electrons. The van der Waals surface area contributed by atoms with Gasteiger partial charge in [0.2, 0.25) is 0 Å². The number of aromatic nitrogens is 2. The number of halogens is 3. The fourth-order valence-electron chi connectivity index (χ4n) is 2.69. The van der Waals surface area contributed by atoms with Crippen LogP contribution in [0, 0.1) is 0 Å². The third-order valence-corrected chi connectivity index (χ3v) is 3.85. The summed E-state index contributed by atoms with van der Waals surface area (Å²) in [6.45, 7) is 1.80. The summed E-state index contributed by atoms with van der Waals surface area (Å²) < 4.78 is 39.6. The molecule has 0 bridgehead atoms. The van der Waals surface area contributed by atoms with E-state index in [4.69, 9.17) is 0 Å². The minimum atomic E-state index is -4.27. The summed E-state index contributed by atoms with van der Waals surface area (Å²) in [7, 11) is 0. The smallest absolute Gasteiger partial charge is 0.332 e. The van der Waals surface area contributed by atoms with E-state index < -0.39 is 11.7 Å². The van der Waals surface area contributed by atoms with Crippen LogP contribution in [0.3, 0.4) is 0 Å². The maximum atomic E-state index is 12.5. The first-order chi connectivity index (χ1) is 10.0. The fraction of sp³-hybridized carbons (Fsp3) is 0.400. The molecule has 21 heavy (non-hydrogen) atoms. The van der Waals surface area contributed by atoms with Gasteiger partial charge in [0.1, 0.15) is 0 Å². The first-order valence-electron chi connectivity index (χ1n) is 6.93. The summed E-state index contributed by atoms with van der Waals surface area (Å²) in [4.78, 5) is 4.15. The quantitative estimate of drug-likeness (QED) is 0.942. The van der Waals surface area contributed by atoms with Gasteiger partial charge in [0.15, 0.2) is 0 Å². The number of nitrogens with one attached hydrogen (secondary N) is 1. The Morgan fingerprint density at radius 3 is 2.71 bits per heavy atom. The number of alkyl halides is 3. The van der Waals surface area contributed by atoms with Crippen LogP contribution < -0.4 is 5.32 Å².